The van der Waals surface area contributed by atoms with Gasteiger partial charge in [0.1, 0.15) is 5.69 Å². The number of carbonyl (C=O) groups excluding carboxylic acids is 1. The molecule has 104 valence electrons. The Hall–Kier alpha value is -0.350. The Kier molecular flexibility index (Phi) is 6.06. The third-order valence-corrected chi connectivity index (χ3v) is 3.39. The second kappa shape index (κ2) is 6.89. The molecule has 0 spiro atoms. The maximum atomic E-state index is 11.6. The molecule has 0 unspecified atom stereocenters. The molecule has 0 aliphatic rings. The summed E-state index contributed by atoms with van der Waals surface area (Å²) in [6, 6.07) is 3.21. The molecule has 7 heteroatoms. The molecule has 0 saturated carbocycles. The zero-order valence-electron chi connectivity index (χ0n) is 10.4. The van der Waals surface area contributed by atoms with Gasteiger partial charge in [0.05, 0.1) is 5.02 Å². The highest BCUT2D eigenvalue weighted by Gasteiger charge is 2.32. The van der Waals surface area contributed by atoms with Crippen molar-refractivity contribution >= 4 is 57.9 Å². The van der Waals surface area contributed by atoms with E-state index in [9.17, 15) is 4.79 Å². The molecule has 0 aliphatic heterocycles. The zero-order valence-corrected chi connectivity index (χ0v) is 13.4. The van der Waals surface area contributed by atoms with Gasteiger partial charge in [0, 0.05) is 11.4 Å². The number of carbonyl (C=O) groups is 1. The summed E-state index contributed by atoms with van der Waals surface area (Å²) in [5.74, 6) is -0.398. The van der Waals surface area contributed by atoms with Crippen LogP contribution in [0.1, 0.15) is 25.3 Å². The minimum atomic E-state index is -1.88. The average molecular weight is 342 g/mol. The van der Waals surface area contributed by atoms with Gasteiger partial charge in [0.2, 0.25) is 0 Å². The van der Waals surface area contributed by atoms with Gasteiger partial charge in [-0.25, -0.2) is 0 Å². The maximum absolute atomic E-state index is 11.6. The highest BCUT2D eigenvalue weighted by molar-refractivity contribution is 6.58. The van der Waals surface area contributed by atoms with E-state index in [1.165, 1.54) is 6.07 Å². The number of aryl methyl sites for hydroxylation is 1. The van der Waals surface area contributed by atoms with Crippen molar-refractivity contribution in [3.63, 3.8) is 0 Å². The summed E-state index contributed by atoms with van der Waals surface area (Å²) in [6.45, 7) is 3.61. The van der Waals surface area contributed by atoms with E-state index in [0.717, 1.165) is 0 Å². The van der Waals surface area contributed by atoms with Crippen LogP contribution in [0.4, 0.5) is 5.69 Å². The summed E-state index contributed by atoms with van der Waals surface area (Å²) in [4.78, 5) is 11.6. The lowest BCUT2D eigenvalue weighted by molar-refractivity contribution is -0.119. The number of hydrogen-bond acceptors (Lipinski definition) is 3. The van der Waals surface area contributed by atoms with E-state index in [2.05, 4.69) is 10.2 Å². The molecule has 0 fully saturated rings. The van der Waals surface area contributed by atoms with Gasteiger partial charge in [0.15, 0.2) is 5.78 Å². The van der Waals surface area contributed by atoms with Crippen LogP contribution in [0.3, 0.4) is 0 Å². The van der Waals surface area contributed by atoms with Crippen LogP contribution in [0.25, 0.3) is 0 Å². The Morgan fingerprint density at radius 1 is 1.32 bits per heavy atom. The predicted molar refractivity (Wildman–Crippen MR) is 80.1 cm³/mol. The first-order valence-corrected chi connectivity index (χ1v) is 7.08. The normalized spacial score (nSPS) is 12.1. The molecule has 3 nitrogen and oxygen atoms in total. The van der Waals surface area contributed by atoms with Crippen LogP contribution in [-0.4, -0.2) is 10.2 Å². The van der Waals surface area contributed by atoms with Crippen molar-refractivity contribution in [1.82, 2.24) is 0 Å². The SMILES string of the molecule is CCCC(=O)C(Cl)(Cl)/N=N/c1c(C)cc(Cl)cc1Cl. The van der Waals surface area contributed by atoms with Crippen LogP contribution in [0, 0.1) is 6.92 Å². The molecule has 0 N–H and O–H groups in total. The van der Waals surface area contributed by atoms with Crippen molar-refractivity contribution in [3.05, 3.63) is 27.7 Å². The number of benzene rings is 1. The Morgan fingerprint density at radius 3 is 2.47 bits per heavy atom. The van der Waals surface area contributed by atoms with Gasteiger partial charge in [0.25, 0.3) is 4.46 Å². The predicted octanol–water partition coefficient (Wildman–Crippen LogP) is 5.89. The van der Waals surface area contributed by atoms with Gasteiger partial charge >= 0.3 is 0 Å². The van der Waals surface area contributed by atoms with Crippen molar-refractivity contribution < 1.29 is 4.79 Å². The van der Waals surface area contributed by atoms with E-state index in [0.29, 0.717) is 27.7 Å². The highest BCUT2D eigenvalue weighted by Crippen LogP contribution is 2.35. The molecular weight excluding hydrogens is 330 g/mol. The van der Waals surface area contributed by atoms with E-state index in [-0.39, 0.29) is 6.42 Å². The van der Waals surface area contributed by atoms with E-state index in [1.54, 1.807) is 13.0 Å². The third-order valence-electron chi connectivity index (χ3n) is 2.31. The van der Waals surface area contributed by atoms with Crippen LogP contribution < -0.4 is 0 Å². The molecule has 0 heterocycles. The van der Waals surface area contributed by atoms with Gasteiger partial charge in [-0.15, -0.1) is 5.11 Å². The molecule has 0 aromatic heterocycles. The Balaban J connectivity index is 3.02. The molecule has 1 aromatic rings. The molecule has 0 atom stereocenters. The maximum Gasteiger partial charge on any atom is 0.286 e. The van der Waals surface area contributed by atoms with Crippen LogP contribution in [-0.2, 0) is 4.79 Å². The van der Waals surface area contributed by atoms with Crippen LogP contribution in [0.2, 0.25) is 10.0 Å². The van der Waals surface area contributed by atoms with Crippen LogP contribution >= 0.6 is 46.4 Å². The summed E-state index contributed by atoms with van der Waals surface area (Å²) in [5.41, 5.74) is 1.11. The molecule has 0 bridgehead atoms. The first-order valence-electron chi connectivity index (χ1n) is 5.57. The fraction of sp³-hybridized carbons (Fsp3) is 0.417. The molecule has 1 aromatic carbocycles. The van der Waals surface area contributed by atoms with E-state index >= 15 is 0 Å². The Labute approximate surface area is 131 Å². The first-order chi connectivity index (χ1) is 8.77. The highest BCUT2D eigenvalue weighted by atomic mass is 35.5. The van der Waals surface area contributed by atoms with Crippen molar-refractivity contribution in [2.45, 2.75) is 31.1 Å². The van der Waals surface area contributed by atoms with Crippen LogP contribution in [0.5, 0.6) is 0 Å². The van der Waals surface area contributed by atoms with Crippen molar-refractivity contribution in [2.75, 3.05) is 0 Å². The molecule has 0 aliphatic carbocycles. The first kappa shape index (κ1) is 16.7. The molecule has 0 amide bonds. The van der Waals surface area contributed by atoms with E-state index in [1.807, 2.05) is 6.92 Å². The lowest BCUT2D eigenvalue weighted by Gasteiger charge is -2.11. The number of halogens is 4. The Morgan fingerprint density at radius 2 is 1.95 bits per heavy atom. The standard InChI is InChI=1S/C12H12Cl4N2O/c1-3-4-10(19)12(15,16)18-17-11-7(2)5-8(13)6-9(11)14/h5-6H,3-4H2,1-2H3/b18-17+. The number of hydrogen-bond donors (Lipinski definition) is 0. The molecule has 0 radical (unpaired) electrons. The quantitative estimate of drug-likeness (QED) is 0.374. The smallest absolute Gasteiger partial charge is 0.286 e. The summed E-state index contributed by atoms with van der Waals surface area (Å²) >= 11 is 23.5. The summed E-state index contributed by atoms with van der Waals surface area (Å²) < 4.78 is -1.88. The average Bonchev–Trinajstić information content (AvgIpc) is 2.27. The number of rotatable bonds is 5. The number of alkyl halides is 2. The molecule has 1 rings (SSSR count). The third kappa shape index (κ3) is 4.60. The minimum Gasteiger partial charge on any atom is -0.294 e. The zero-order chi connectivity index (χ0) is 14.6. The number of Topliss-reactive ketones (excluding diaryl/α,β-unsaturated/α-hetero) is 1. The fourth-order valence-corrected chi connectivity index (χ4v) is 2.26. The van der Waals surface area contributed by atoms with Crippen molar-refractivity contribution in [3.8, 4) is 0 Å². The van der Waals surface area contributed by atoms with Gasteiger partial charge in [-0.3, -0.25) is 4.79 Å². The van der Waals surface area contributed by atoms with Crippen molar-refractivity contribution in [1.29, 1.82) is 0 Å². The monoisotopic (exact) mass is 340 g/mol. The second-order valence-electron chi connectivity index (χ2n) is 3.97. The van der Waals surface area contributed by atoms with Crippen molar-refractivity contribution in [2.24, 2.45) is 10.2 Å². The van der Waals surface area contributed by atoms with Gasteiger partial charge in [-0.05, 0) is 31.0 Å². The van der Waals surface area contributed by atoms with E-state index < -0.39 is 10.2 Å². The molecule has 0 saturated heterocycles. The number of azo groups is 1. The fourth-order valence-electron chi connectivity index (χ4n) is 1.37. The Bertz CT molecular complexity index is 491. The molecule has 19 heavy (non-hydrogen) atoms. The summed E-state index contributed by atoms with van der Waals surface area (Å²) in [7, 11) is 0. The van der Waals surface area contributed by atoms with Gasteiger partial charge in [-0.2, -0.15) is 5.11 Å². The topological polar surface area (TPSA) is 41.8 Å². The largest absolute Gasteiger partial charge is 0.294 e. The van der Waals surface area contributed by atoms with E-state index in [4.69, 9.17) is 46.4 Å². The molecular formula is C12H12Cl4N2O. The van der Waals surface area contributed by atoms with Gasteiger partial charge in [-0.1, -0.05) is 53.3 Å². The summed E-state index contributed by atoms with van der Waals surface area (Å²) in [6.07, 6.45) is 0.871. The lowest BCUT2D eigenvalue weighted by atomic mass is 10.2. The minimum absolute atomic E-state index is 0.235. The number of ketones is 1. The second-order valence-corrected chi connectivity index (χ2v) is 6.10. The summed E-state index contributed by atoms with van der Waals surface area (Å²) in [5, 5.41) is 8.36. The van der Waals surface area contributed by atoms with Gasteiger partial charge < -0.3 is 0 Å². The lowest BCUT2D eigenvalue weighted by Crippen LogP contribution is -2.22. The van der Waals surface area contributed by atoms with Crippen LogP contribution in [0.15, 0.2) is 22.4 Å². The number of nitrogens with zero attached hydrogens (tertiary/aromatic N) is 2.